The minimum Gasteiger partial charge on any atom is -0.508 e. The van der Waals surface area contributed by atoms with Crippen molar-refractivity contribution in [1.82, 2.24) is 0 Å². The molecule has 7 N–H and O–H groups in total. The van der Waals surface area contributed by atoms with Crippen LogP contribution < -0.4 is 21.5 Å². The molecule has 0 saturated carbocycles. The van der Waals surface area contributed by atoms with Gasteiger partial charge in [0.1, 0.15) is 11.5 Å². The van der Waals surface area contributed by atoms with E-state index in [1.54, 1.807) is 37.4 Å². The van der Waals surface area contributed by atoms with Crippen LogP contribution in [0, 0.1) is 6.92 Å². The van der Waals surface area contributed by atoms with Crippen LogP contribution >= 0.6 is 0 Å². The van der Waals surface area contributed by atoms with Crippen LogP contribution in [0.15, 0.2) is 36.4 Å². The molecule has 0 unspecified atom stereocenters. The van der Waals surface area contributed by atoms with E-state index in [-0.39, 0.29) is 12.4 Å². The molecule has 0 saturated heterocycles. The lowest BCUT2D eigenvalue weighted by Crippen LogP contribution is -2.05. The normalized spacial score (nSPS) is 9.59. The van der Waals surface area contributed by atoms with Crippen LogP contribution in [0.1, 0.15) is 5.56 Å². The number of nitrogen functional groups attached to an aromatic ring is 2. The molecule has 0 fully saturated rings. The molecule has 6 heteroatoms. The number of rotatable bonds is 4. The molecule has 0 amide bonds. The summed E-state index contributed by atoms with van der Waals surface area (Å²) in [7, 11) is 1.58. The van der Waals surface area contributed by atoms with Gasteiger partial charge in [-0.25, -0.2) is 0 Å². The minimum atomic E-state index is 0.103. The Balaban J connectivity index is 0.000000235. The third-order valence-corrected chi connectivity index (χ3v) is 2.92. The molecule has 0 aliphatic heterocycles. The van der Waals surface area contributed by atoms with Crippen LogP contribution in [-0.2, 0) is 0 Å². The average molecular weight is 305 g/mol. The summed E-state index contributed by atoms with van der Waals surface area (Å²) in [6.45, 7) is 2.48. The Hall–Kier alpha value is -2.60. The molecule has 2 aromatic carbocycles. The van der Waals surface area contributed by atoms with Gasteiger partial charge in [0.15, 0.2) is 0 Å². The summed E-state index contributed by atoms with van der Waals surface area (Å²) in [4.78, 5) is 0. The first-order valence-corrected chi connectivity index (χ1v) is 6.81. The van der Waals surface area contributed by atoms with Crippen LogP contribution in [0.4, 0.5) is 17.1 Å². The number of aliphatic hydroxyl groups excluding tert-OH is 1. The summed E-state index contributed by atoms with van der Waals surface area (Å²) >= 11 is 0. The van der Waals surface area contributed by atoms with Crippen LogP contribution in [-0.4, -0.2) is 30.5 Å². The number of methoxy groups -OCH3 is 1. The van der Waals surface area contributed by atoms with Gasteiger partial charge in [0.25, 0.3) is 0 Å². The van der Waals surface area contributed by atoms with E-state index in [2.05, 4.69) is 5.32 Å². The molecule has 22 heavy (non-hydrogen) atoms. The first-order chi connectivity index (χ1) is 10.5. The molecule has 120 valence electrons. The van der Waals surface area contributed by atoms with E-state index in [4.69, 9.17) is 26.4 Å². The molecule has 0 bridgehead atoms. The number of ether oxygens (including phenoxy) is 1. The van der Waals surface area contributed by atoms with Gasteiger partial charge in [0.05, 0.1) is 19.4 Å². The molecule has 2 aromatic rings. The van der Waals surface area contributed by atoms with Crippen molar-refractivity contribution in [3.63, 3.8) is 0 Å². The van der Waals surface area contributed by atoms with Gasteiger partial charge in [0.2, 0.25) is 0 Å². The van der Waals surface area contributed by atoms with Gasteiger partial charge in [-0.15, -0.1) is 0 Å². The maximum absolute atomic E-state index is 8.88. The molecule has 0 aliphatic rings. The van der Waals surface area contributed by atoms with Gasteiger partial charge in [-0.1, -0.05) is 0 Å². The summed E-state index contributed by atoms with van der Waals surface area (Å²) in [5.74, 6) is 0.927. The lowest BCUT2D eigenvalue weighted by atomic mass is 10.2. The zero-order valence-corrected chi connectivity index (χ0v) is 12.8. The number of nitrogens with one attached hydrogen (secondary N) is 1. The van der Waals surface area contributed by atoms with Crippen LogP contribution in [0.5, 0.6) is 11.5 Å². The highest BCUT2D eigenvalue weighted by molar-refractivity contribution is 5.62. The van der Waals surface area contributed by atoms with Crippen molar-refractivity contribution in [2.24, 2.45) is 0 Å². The molecular weight excluding hydrogens is 282 g/mol. The van der Waals surface area contributed by atoms with Gasteiger partial charge < -0.3 is 31.7 Å². The predicted octanol–water partition coefficient (Wildman–Crippen LogP) is 1.96. The Morgan fingerprint density at radius 2 is 1.82 bits per heavy atom. The Morgan fingerprint density at radius 1 is 1.09 bits per heavy atom. The number of benzene rings is 2. The summed E-state index contributed by atoms with van der Waals surface area (Å²) in [6.07, 6.45) is 0. The van der Waals surface area contributed by atoms with E-state index in [0.717, 1.165) is 11.3 Å². The number of anilines is 3. The van der Waals surface area contributed by atoms with Crippen LogP contribution in [0.3, 0.4) is 0 Å². The Bertz CT molecular complexity index is 603. The Morgan fingerprint density at radius 3 is 2.32 bits per heavy atom. The first-order valence-electron chi connectivity index (χ1n) is 6.81. The van der Waals surface area contributed by atoms with Crippen molar-refractivity contribution in [3.05, 3.63) is 42.0 Å². The third kappa shape index (κ3) is 5.41. The van der Waals surface area contributed by atoms with Gasteiger partial charge >= 0.3 is 0 Å². The minimum absolute atomic E-state index is 0.103. The number of hydrogen-bond acceptors (Lipinski definition) is 6. The smallest absolute Gasteiger partial charge is 0.141 e. The van der Waals surface area contributed by atoms with Crippen molar-refractivity contribution in [1.29, 1.82) is 0 Å². The van der Waals surface area contributed by atoms with Gasteiger partial charge in [-0.3, -0.25) is 0 Å². The number of aliphatic hydroxyl groups is 1. The fourth-order valence-electron chi connectivity index (χ4n) is 1.70. The van der Waals surface area contributed by atoms with Gasteiger partial charge in [0, 0.05) is 17.9 Å². The van der Waals surface area contributed by atoms with Crippen molar-refractivity contribution in [3.8, 4) is 11.5 Å². The lowest BCUT2D eigenvalue weighted by Gasteiger charge is -2.08. The first kappa shape index (κ1) is 17.5. The van der Waals surface area contributed by atoms with Crippen molar-refractivity contribution >= 4 is 17.1 Å². The van der Waals surface area contributed by atoms with Crippen LogP contribution in [0.25, 0.3) is 0 Å². The number of aromatic hydroxyl groups is 1. The standard InChI is InChI=1S/C9H14N2O2.C7H9NO/c1-13-9-3-2-7(6-8(9)10)11-4-5-12;1-5-4-6(9)2-3-7(5)8/h2-3,6,11-12H,4-5,10H2,1H3;2-4,9H,8H2,1H3. The van der Waals surface area contributed by atoms with E-state index in [0.29, 0.717) is 23.7 Å². The highest BCUT2D eigenvalue weighted by Gasteiger charge is 1.99. The number of nitrogens with two attached hydrogens (primary N) is 2. The summed E-state index contributed by atoms with van der Waals surface area (Å²) in [6, 6.07) is 10.3. The van der Waals surface area contributed by atoms with E-state index in [9.17, 15) is 0 Å². The molecule has 0 aromatic heterocycles. The fourth-order valence-corrected chi connectivity index (χ4v) is 1.70. The van der Waals surface area contributed by atoms with Crippen molar-refractivity contribution in [2.75, 3.05) is 37.0 Å². The predicted molar refractivity (Wildman–Crippen MR) is 90.2 cm³/mol. The summed E-state index contributed by atoms with van der Waals surface area (Å²) < 4.78 is 5.00. The maximum atomic E-state index is 8.88. The highest BCUT2D eigenvalue weighted by atomic mass is 16.5. The highest BCUT2D eigenvalue weighted by Crippen LogP contribution is 2.24. The van der Waals surface area contributed by atoms with Crippen LogP contribution in [0.2, 0.25) is 0 Å². The topological polar surface area (TPSA) is 114 Å². The Labute approximate surface area is 130 Å². The number of phenols is 1. The average Bonchev–Trinajstić information content (AvgIpc) is 2.50. The molecule has 0 radical (unpaired) electrons. The molecule has 0 heterocycles. The monoisotopic (exact) mass is 305 g/mol. The third-order valence-electron chi connectivity index (χ3n) is 2.92. The molecular formula is C16H23N3O3. The number of phenolic OH excluding ortho intramolecular Hbond substituents is 1. The lowest BCUT2D eigenvalue weighted by molar-refractivity contribution is 0.311. The van der Waals surface area contributed by atoms with Crippen molar-refractivity contribution < 1.29 is 14.9 Å². The van der Waals surface area contributed by atoms with Gasteiger partial charge in [-0.05, 0) is 48.9 Å². The zero-order valence-electron chi connectivity index (χ0n) is 12.8. The molecule has 0 spiro atoms. The number of hydrogen-bond donors (Lipinski definition) is 5. The summed E-state index contributed by atoms with van der Waals surface area (Å²) in [5.41, 5.74) is 14.3. The zero-order chi connectivity index (χ0) is 16.5. The SMILES string of the molecule is COc1ccc(NCCO)cc1N.Cc1cc(O)ccc1N. The molecule has 0 atom stereocenters. The maximum Gasteiger partial charge on any atom is 0.141 e. The van der Waals surface area contributed by atoms with Gasteiger partial charge in [-0.2, -0.15) is 0 Å². The fraction of sp³-hybridized carbons (Fsp3) is 0.250. The van der Waals surface area contributed by atoms with E-state index in [1.807, 2.05) is 13.0 Å². The van der Waals surface area contributed by atoms with Crippen molar-refractivity contribution in [2.45, 2.75) is 6.92 Å². The van der Waals surface area contributed by atoms with E-state index >= 15 is 0 Å². The molecule has 6 nitrogen and oxygen atoms in total. The summed E-state index contributed by atoms with van der Waals surface area (Å²) in [5, 5.41) is 20.5. The second kappa shape index (κ2) is 8.63. The molecule has 0 aliphatic carbocycles. The van der Waals surface area contributed by atoms with E-state index in [1.165, 1.54) is 0 Å². The number of aryl methyl sites for hydroxylation is 1. The van der Waals surface area contributed by atoms with E-state index < -0.39 is 0 Å². The Kier molecular flexibility index (Phi) is 6.85. The largest absolute Gasteiger partial charge is 0.508 e. The molecule has 2 rings (SSSR count). The quantitative estimate of drug-likeness (QED) is 0.436. The second-order valence-corrected chi connectivity index (χ2v) is 4.65. The second-order valence-electron chi connectivity index (χ2n) is 4.65.